The molecule has 1 unspecified atom stereocenters. The van der Waals surface area contributed by atoms with Gasteiger partial charge in [0, 0.05) is 37.2 Å². The van der Waals surface area contributed by atoms with E-state index in [9.17, 15) is 18.3 Å². The van der Waals surface area contributed by atoms with Crippen LogP contribution in [0.5, 0.6) is 0 Å². The maximum Gasteiger partial charge on any atom is 0.381 e. The molecule has 1 N–H and O–H groups in total. The van der Waals surface area contributed by atoms with Crippen LogP contribution in [-0.2, 0) is 25.1 Å². The molecule has 0 radical (unpaired) electrons. The number of halogens is 1. The fourth-order valence-electron chi connectivity index (χ4n) is 4.19. The summed E-state index contributed by atoms with van der Waals surface area (Å²) in [6.07, 6.45) is 3.43. The Hall–Kier alpha value is -2.77. The molecule has 0 saturated heterocycles. The lowest BCUT2D eigenvalue weighted by Crippen LogP contribution is -2.34. The van der Waals surface area contributed by atoms with Crippen LogP contribution in [0.3, 0.4) is 0 Å². The van der Waals surface area contributed by atoms with Gasteiger partial charge in [-0.15, -0.1) is 0 Å². The first-order chi connectivity index (χ1) is 17.3. The van der Waals surface area contributed by atoms with E-state index in [1.54, 1.807) is 24.3 Å². The second-order valence-corrected chi connectivity index (χ2v) is 18.1. The lowest BCUT2D eigenvalue weighted by atomic mass is 9.87. The van der Waals surface area contributed by atoms with Gasteiger partial charge in [0.05, 0.1) is 17.5 Å². The molecule has 2 aromatic carbocycles. The summed E-state index contributed by atoms with van der Waals surface area (Å²) in [5, 5.41) is 10.6. The molecule has 3 rings (SSSR count). The maximum atomic E-state index is 12.8. The standard InChI is InChI=1S/C27H33ClN2O5SSi/c1-6-27(16-14-26(31)32,21-10-12-22(28)13-11-21)29-17-15-23-24(29)8-7-9-25(23)30(36(2,33)34)20-35-18-19-37(3,4)5/h7-13,15,17H,6,18-20H2,1-5H3,(H,31,32). The molecule has 1 atom stereocenters. The van der Waals surface area contributed by atoms with Gasteiger partial charge in [-0.3, -0.25) is 0 Å². The number of anilines is 1. The number of aliphatic carboxylic acids is 1. The van der Waals surface area contributed by atoms with Crippen LogP contribution in [0, 0.1) is 11.8 Å². The van der Waals surface area contributed by atoms with E-state index >= 15 is 0 Å². The Balaban J connectivity index is 2.15. The van der Waals surface area contributed by atoms with Crippen molar-refractivity contribution in [1.82, 2.24) is 4.57 Å². The summed E-state index contributed by atoms with van der Waals surface area (Å²) < 4.78 is 34.6. The van der Waals surface area contributed by atoms with Crippen LogP contribution >= 0.6 is 11.6 Å². The first kappa shape index (κ1) is 28.8. The molecule has 0 aliphatic heterocycles. The molecule has 0 bridgehead atoms. The Morgan fingerprint density at radius 2 is 1.84 bits per heavy atom. The van der Waals surface area contributed by atoms with Crippen LogP contribution in [0.1, 0.15) is 18.9 Å². The number of sulfonamides is 1. The number of ether oxygens (including phenoxy) is 1. The third-order valence-corrected chi connectivity index (χ3v) is 9.26. The van der Waals surface area contributed by atoms with Gasteiger partial charge < -0.3 is 14.4 Å². The zero-order chi connectivity index (χ0) is 27.4. The van der Waals surface area contributed by atoms with Crippen LogP contribution in [-0.4, -0.2) is 51.7 Å². The summed E-state index contributed by atoms with van der Waals surface area (Å²) >= 11 is 6.12. The molecular weight excluding hydrogens is 528 g/mol. The van der Waals surface area contributed by atoms with Crippen LogP contribution in [0.2, 0.25) is 30.7 Å². The summed E-state index contributed by atoms with van der Waals surface area (Å²) in [6.45, 7) is 9.03. The van der Waals surface area contributed by atoms with Crippen molar-refractivity contribution in [1.29, 1.82) is 0 Å². The molecule has 0 aliphatic carbocycles. The van der Waals surface area contributed by atoms with Gasteiger partial charge in [0.2, 0.25) is 10.0 Å². The van der Waals surface area contributed by atoms with Gasteiger partial charge in [-0.1, -0.05) is 62.3 Å². The highest BCUT2D eigenvalue weighted by atomic mass is 35.5. The largest absolute Gasteiger partial charge is 0.472 e. The van der Waals surface area contributed by atoms with E-state index in [0.29, 0.717) is 34.6 Å². The Labute approximate surface area is 225 Å². The number of benzene rings is 2. The molecule has 37 heavy (non-hydrogen) atoms. The normalized spacial score (nSPS) is 13.6. The van der Waals surface area contributed by atoms with Crippen molar-refractivity contribution in [3.05, 3.63) is 65.3 Å². The molecule has 0 aliphatic rings. The van der Waals surface area contributed by atoms with E-state index in [-0.39, 0.29) is 6.73 Å². The zero-order valence-electron chi connectivity index (χ0n) is 21.8. The Kier molecular flexibility index (Phi) is 8.80. The number of carboxylic acid groups (broad SMARTS) is 1. The van der Waals surface area contributed by atoms with E-state index in [1.165, 1.54) is 4.31 Å². The maximum absolute atomic E-state index is 12.8. The quantitative estimate of drug-likeness (QED) is 0.151. The fraction of sp³-hybridized carbons (Fsp3) is 0.370. The van der Waals surface area contributed by atoms with Crippen molar-refractivity contribution in [3.63, 3.8) is 0 Å². The molecule has 0 amide bonds. The predicted octanol–water partition coefficient (Wildman–Crippen LogP) is 5.61. The van der Waals surface area contributed by atoms with Gasteiger partial charge in [-0.25, -0.2) is 17.5 Å². The second-order valence-electron chi connectivity index (χ2n) is 10.1. The highest BCUT2D eigenvalue weighted by molar-refractivity contribution is 7.92. The average Bonchev–Trinajstić information content (AvgIpc) is 3.24. The van der Waals surface area contributed by atoms with Gasteiger partial charge in [-0.2, -0.15) is 0 Å². The predicted molar refractivity (Wildman–Crippen MR) is 152 cm³/mol. The third kappa shape index (κ3) is 6.76. The number of rotatable bonds is 10. The van der Waals surface area contributed by atoms with Gasteiger partial charge in [-0.05, 0) is 48.4 Å². The van der Waals surface area contributed by atoms with E-state index in [2.05, 4.69) is 31.5 Å². The average molecular weight is 561 g/mol. The van der Waals surface area contributed by atoms with Gasteiger partial charge >= 0.3 is 5.97 Å². The van der Waals surface area contributed by atoms with Gasteiger partial charge in [0.15, 0.2) is 0 Å². The van der Waals surface area contributed by atoms with Crippen molar-refractivity contribution in [3.8, 4) is 11.8 Å². The molecule has 0 fully saturated rings. The molecule has 10 heteroatoms. The Bertz CT molecular complexity index is 1440. The van der Waals surface area contributed by atoms with Crippen LogP contribution < -0.4 is 4.31 Å². The highest BCUT2D eigenvalue weighted by Gasteiger charge is 2.33. The van der Waals surface area contributed by atoms with Gasteiger partial charge in [0.25, 0.3) is 0 Å². The van der Waals surface area contributed by atoms with Crippen LogP contribution in [0.25, 0.3) is 10.9 Å². The number of aromatic nitrogens is 1. The molecule has 1 aromatic heterocycles. The Morgan fingerprint density at radius 1 is 1.16 bits per heavy atom. The lowest BCUT2D eigenvalue weighted by molar-refractivity contribution is -0.130. The molecule has 198 valence electrons. The number of hydrogen-bond acceptors (Lipinski definition) is 4. The van der Waals surface area contributed by atoms with Crippen molar-refractivity contribution in [2.45, 2.75) is 44.6 Å². The first-order valence-corrected chi connectivity index (χ1v) is 17.9. The third-order valence-electron chi connectivity index (χ3n) is 6.20. The summed E-state index contributed by atoms with van der Waals surface area (Å²) in [5.41, 5.74) is 0.946. The van der Waals surface area contributed by atoms with Crippen LogP contribution in [0.15, 0.2) is 54.7 Å². The lowest BCUT2D eigenvalue weighted by Gasteiger charge is -2.31. The number of hydrogen-bond donors (Lipinski definition) is 1. The van der Waals surface area contributed by atoms with Crippen molar-refractivity contribution >= 4 is 52.3 Å². The van der Waals surface area contributed by atoms with Crippen molar-refractivity contribution in [2.24, 2.45) is 0 Å². The molecule has 7 nitrogen and oxygen atoms in total. The molecular formula is C27H33ClN2O5SSi. The van der Waals surface area contributed by atoms with E-state index in [1.807, 2.05) is 42.0 Å². The minimum Gasteiger partial charge on any atom is -0.472 e. The van der Waals surface area contributed by atoms with E-state index in [0.717, 1.165) is 17.9 Å². The smallest absolute Gasteiger partial charge is 0.381 e. The first-order valence-electron chi connectivity index (χ1n) is 12.0. The van der Waals surface area contributed by atoms with Gasteiger partial charge in [0.1, 0.15) is 12.3 Å². The second kappa shape index (κ2) is 11.3. The topological polar surface area (TPSA) is 88.8 Å². The fourth-order valence-corrected chi connectivity index (χ4v) is 5.85. The highest BCUT2D eigenvalue weighted by Crippen LogP contribution is 2.37. The number of fused-ring (bicyclic) bond motifs is 1. The minimum absolute atomic E-state index is 0.0947. The van der Waals surface area contributed by atoms with Crippen LogP contribution in [0.4, 0.5) is 5.69 Å². The Morgan fingerprint density at radius 3 is 2.41 bits per heavy atom. The number of nitrogens with zero attached hydrogens (tertiary/aromatic N) is 2. The summed E-state index contributed by atoms with van der Waals surface area (Å²) in [7, 11) is -4.98. The molecule has 0 spiro atoms. The summed E-state index contributed by atoms with van der Waals surface area (Å²) in [6, 6.07) is 15.3. The number of carbonyl (C=O) groups is 1. The monoisotopic (exact) mass is 560 g/mol. The van der Waals surface area contributed by atoms with E-state index in [4.69, 9.17) is 16.3 Å². The zero-order valence-corrected chi connectivity index (χ0v) is 24.4. The summed E-state index contributed by atoms with van der Waals surface area (Å²) in [5.74, 6) is 4.03. The van der Waals surface area contributed by atoms with Crippen molar-refractivity contribution in [2.75, 3.05) is 23.9 Å². The molecule has 0 saturated carbocycles. The van der Waals surface area contributed by atoms with E-state index < -0.39 is 29.6 Å². The molecule has 1 heterocycles. The minimum atomic E-state index is -3.65. The number of carboxylic acids is 1. The SMILES string of the molecule is CCC(C#CC(=O)O)(c1ccc(Cl)cc1)n1ccc2c(N(COCC[Si](C)(C)C)S(C)(=O)=O)cccc21. The summed E-state index contributed by atoms with van der Waals surface area (Å²) in [4.78, 5) is 11.4. The molecule has 3 aromatic rings. The van der Waals surface area contributed by atoms with Crippen molar-refractivity contribution < 1.29 is 23.1 Å².